The number of halogens is 2. The molecule has 5 nitrogen and oxygen atoms in total. The Hall–Kier alpha value is -1.27. The molecule has 24 heavy (non-hydrogen) atoms. The summed E-state index contributed by atoms with van der Waals surface area (Å²) in [5.41, 5.74) is 1.98. The number of amides is 1. The second-order valence-electron chi connectivity index (χ2n) is 4.89. The third-order valence-corrected chi connectivity index (χ3v) is 4.74. The molecule has 0 aromatic heterocycles. The molecular weight excluding hydrogens is 554 g/mol. The first-order valence-corrected chi connectivity index (χ1v) is 9.26. The largest absolute Gasteiger partial charge is 0.478 e. The highest BCUT2D eigenvalue weighted by molar-refractivity contribution is 14.1. The monoisotopic (exact) mass is 566 g/mol. The lowest BCUT2D eigenvalue weighted by Crippen LogP contribution is -2.34. The normalized spacial score (nSPS) is 10.1. The number of rotatable bonds is 3. The maximum Gasteiger partial charge on any atom is 0.337 e. The lowest BCUT2D eigenvalue weighted by atomic mass is 10.1. The maximum absolute atomic E-state index is 12.2. The molecule has 0 bridgehead atoms. The molecule has 0 aliphatic rings. The number of carbonyl (C=O) groups is 2. The van der Waals surface area contributed by atoms with Crippen LogP contribution in [0.3, 0.4) is 0 Å². The highest BCUT2D eigenvalue weighted by Gasteiger charge is 2.16. The van der Waals surface area contributed by atoms with Crippen LogP contribution < -0.4 is 10.6 Å². The zero-order chi connectivity index (χ0) is 17.9. The Morgan fingerprint density at radius 2 is 1.75 bits per heavy atom. The van der Waals surface area contributed by atoms with Crippen molar-refractivity contribution in [3.63, 3.8) is 0 Å². The maximum atomic E-state index is 12.2. The topological polar surface area (TPSA) is 78.4 Å². The Kier molecular flexibility index (Phi) is 6.52. The van der Waals surface area contributed by atoms with Crippen molar-refractivity contribution >= 4 is 80.1 Å². The fourth-order valence-electron chi connectivity index (χ4n) is 1.89. The van der Waals surface area contributed by atoms with Crippen molar-refractivity contribution in [3.8, 4) is 0 Å². The van der Waals surface area contributed by atoms with E-state index in [2.05, 4.69) is 10.6 Å². The first kappa shape index (κ1) is 19.1. The molecule has 0 atom stereocenters. The molecule has 2 aromatic carbocycles. The van der Waals surface area contributed by atoms with E-state index in [1.54, 1.807) is 12.1 Å². The summed E-state index contributed by atoms with van der Waals surface area (Å²) >= 11 is 9.21. The van der Waals surface area contributed by atoms with Gasteiger partial charge in [0, 0.05) is 12.7 Å². The summed E-state index contributed by atoms with van der Waals surface area (Å²) in [6.07, 6.45) is 0. The van der Waals surface area contributed by atoms with E-state index in [4.69, 9.17) is 12.2 Å². The van der Waals surface area contributed by atoms with Gasteiger partial charge in [0.1, 0.15) is 0 Å². The highest BCUT2D eigenvalue weighted by Crippen LogP contribution is 2.26. The van der Waals surface area contributed by atoms with Crippen molar-refractivity contribution in [1.82, 2.24) is 5.32 Å². The molecule has 0 aliphatic heterocycles. The third-order valence-electron chi connectivity index (χ3n) is 3.06. The van der Waals surface area contributed by atoms with Gasteiger partial charge in [-0.15, -0.1) is 0 Å². The van der Waals surface area contributed by atoms with Crippen molar-refractivity contribution in [2.75, 3.05) is 5.32 Å². The van der Waals surface area contributed by atoms with Crippen LogP contribution in [0.1, 0.15) is 26.3 Å². The predicted molar refractivity (Wildman–Crippen MR) is 114 cm³/mol. The molecule has 124 valence electrons. The molecule has 2 aromatic rings. The van der Waals surface area contributed by atoms with E-state index in [1.165, 1.54) is 6.07 Å². The van der Waals surface area contributed by atoms with Crippen molar-refractivity contribution in [1.29, 1.82) is 0 Å². The number of thiocarbonyl (C=S) groups is 1. The van der Waals surface area contributed by atoms with Gasteiger partial charge in [0.15, 0.2) is 5.11 Å². The van der Waals surface area contributed by atoms with Gasteiger partial charge in [-0.25, -0.2) is 4.79 Å². The molecule has 1 amide bonds. The molecule has 2 rings (SSSR count). The number of anilines is 1. The molecular formula is C16H12I2N2O3S. The Balaban J connectivity index is 2.17. The second-order valence-corrected chi connectivity index (χ2v) is 7.71. The van der Waals surface area contributed by atoms with Gasteiger partial charge in [0.2, 0.25) is 0 Å². The van der Waals surface area contributed by atoms with Crippen LogP contribution >= 0.6 is 57.4 Å². The smallest absolute Gasteiger partial charge is 0.337 e. The van der Waals surface area contributed by atoms with Crippen LogP contribution in [0.5, 0.6) is 0 Å². The number of aryl methyl sites for hydroxylation is 1. The molecule has 0 aliphatic carbocycles. The summed E-state index contributed by atoms with van der Waals surface area (Å²) in [5.74, 6) is -1.42. The van der Waals surface area contributed by atoms with Gasteiger partial charge < -0.3 is 10.4 Å². The molecule has 0 saturated heterocycles. The van der Waals surface area contributed by atoms with Crippen molar-refractivity contribution < 1.29 is 14.7 Å². The number of carboxylic acids is 1. The number of hydrogen-bond acceptors (Lipinski definition) is 3. The van der Waals surface area contributed by atoms with Crippen molar-refractivity contribution in [3.05, 3.63) is 60.2 Å². The minimum atomic E-state index is -1.07. The lowest BCUT2D eigenvalue weighted by molar-refractivity contribution is 0.0697. The Morgan fingerprint density at radius 3 is 2.33 bits per heavy atom. The Bertz CT molecular complexity index is 823. The third kappa shape index (κ3) is 4.86. The number of carboxylic acid groups (broad SMARTS) is 1. The number of aromatic carboxylic acids is 1. The molecule has 0 fully saturated rings. The number of carbonyl (C=O) groups excluding carboxylic acids is 1. The van der Waals surface area contributed by atoms with E-state index >= 15 is 0 Å². The SMILES string of the molecule is Cc1ccc(C(=O)NC(=S)Nc2c(I)cc(I)cc2C(=O)O)cc1. The summed E-state index contributed by atoms with van der Waals surface area (Å²) in [7, 11) is 0. The van der Waals surface area contributed by atoms with Gasteiger partial charge in [-0.2, -0.15) is 0 Å². The average Bonchev–Trinajstić information content (AvgIpc) is 2.50. The molecule has 8 heteroatoms. The fourth-order valence-corrected chi connectivity index (χ4v) is 4.07. The van der Waals surface area contributed by atoms with Gasteiger partial charge in [0.25, 0.3) is 5.91 Å². The van der Waals surface area contributed by atoms with E-state index < -0.39 is 5.97 Å². The molecule has 0 saturated carbocycles. The summed E-state index contributed by atoms with van der Waals surface area (Å²) in [6.45, 7) is 1.93. The second kappa shape index (κ2) is 8.21. The first-order valence-electron chi connectivity index (χ1n) is 6.69. The van der Waals surface area contributed by atoms with Crippen molar-refractivity contribution in [2.45, 2.75) is 6.92 Å². The van der Waals surface area contributed by atoms with Crippen LogP contribution in [0, 0.1) is 14.1 Å². The van der Waals surface area contributed by atoms with E-state index in [-0.39, 0.29) is 16.6 Å². The van der Waals surface area contributed by atoms with E-state index in [0.717, 1.165) is 9.13 Å². The number of hydrogen-bond donors (Lipinski definition) is 3. The lowest BCUT2D eigenvalue weighted by Gasteiger charge is -2.14. The van der Waals surface area contributed by atoms with Gasteiger partial charge in [-0.1, -0.05) is 17.7 Å². The van der Waals surface area contributed by atoms with E-state index in [9.17, 15) is 14.7 Å². The first-order chi connectivity index (χ1) is 11.3. The van der Waals surface area contributed by atoms with E-state index in [1.807, 2.05) is 70.3 Å². The van der Waals surface area contributed by atoms with Gasteiger partial charge in [-0.3, -0.25) is 10.1 Å². The number of nitrogens with one attached hydrogen (secondary N) is 2. The van der Waals surface area contributed by atoms with Crippen LogP contribution in [0.15, 0.2) is 36.4 Å². The van der Waals surface area contributed by atoms with Crippen LogP contribution in [0.4, 0.5) is 5.69 Å². The standard InChI is InChI=1S/C16H12I2N2O3S/c1-8-2-4-9(5-3-8)14(21)20-16(24)19-13-11(15(22)23)6-10(17)7-12(13)18/h2-7H,1H3,(H,22,23)(H2,19,20,21,24). The van der Waals surface area contributed by atoms with Crippen molar-refractivity contribution in [2.24, 2.45) is 0 Å². The summed E-state index contributed by atoms with van der Waals surface area (Å²) in [6, 6.07) is 10.4. The zero-order valence-corrected chi connectivity index (χ0v) is 17.5. The van der Waals surface area contributed by atoms with Gasteiger partial charge in [0.05, 0.1) is 11.3 Å². The molecule has 0 spiro atoms. The summed E-state index contributed by atoms with van der Waals surface area (Å²) < 4.78 is 1.50. The van der Waals surface area contributed by atoms with Crippen LogP contribution in [0.2, 0.25) is 0 Å². The molecule has 0 heterocycles. The molecule has 0 unspecified atom stereocenters. The Labute approximate surface area is 171 Å². The minimum Gasteiger partial charge on any atom is -0.478 e. The quantitative estimate of drug-likeness (QED) is 0.387. The van der Waals surface area contributed by atoms with Gasteiger partial charge >= 0.3 is 5.97 Å². The van der Waals surface area contributed by atoms with Crippen LogP contribution in [-0.4, -0.2) is 22.1 Å². The fraction of sp³-hybridized carbons (Fsp3) is 0.0625. The zero-order valence-electron chi connectivity index (χ0n) is 12.4. The summed E-state index contributed by atoms with van der Waals surface area (Å²) in [4.78, 5) is 23.6. The average molecular weight is 566 g/mol. The summed E-state index contributed by atoms with van der Waals surface area (Å²) in [5, 5.41) is 14.7. The van der Waals surface area contributed by atoms with Gasteiger partial charge in [-0.05, 0) is 88.6 Å². The molecule has 0 radical (unpaired) electrons. The predicted octanol–water partition coefficient (Wildman–Crippen LogP) is 4.03. The molecule has 3 N–H and O–H groups in total. The van der Waals surface area contributed by atoms with Crippen LogP contribution in [0.25, 0.3) is 0 Å². The number of benzene rings is 2. The van der Waals surface area contributed by atoms with E-state index in [0.29, 0.717) is 14.8 Å². The highest BCUT2D eigenvalue weighted by atomic mass is 127. The Morgan fingerprint density at radius 1 is 1.12 bits per heavy atom. The minimum absolute atomic E-state index is 0.0437. The van der Waals surface area contributed by atoms with Crippen LogP contribution in [-0.2, 0) is 0 Å².